The van der Waals surface area contributed by atoms with Gasteiger partial charge in [-0.1, -0.05) is 0 Å². The lowest BCUT2D eigenvalue weighted by molar-refractivity contribution is -0.137. The van der Waals surface area contributed by atoms with Crippen LogP contribution < -0.4 is 5.32 Å². The van der Waals surface area contributed by atoms with E-state index < -0.39 is 29.0 Å². The molecular weight excluding hydrogens is 302 g/mol. The molecular formula is C15H17F4NO2. The number of benzene rings is 1. The van der Waals surface area contributed by atoms with E-state index in [4.69, 9.17) is 5.11 Å². The average Bonchev–Trinajstić information content (AvgIpc) is 2.47. The number of aliphatic hydroxyl groups is 1. The number of carbonyl (C=O) groups excluding carboxylic acids is 1. The Kier molecular flexibility index (Phi) is 5.05. The number of aliphatic hydroxyl groups excluding tert-OH is 1. The fourth-order valence-electron chi connectivity index (χ4n) is 2.63. The molecule has 1 aromatic carbocycles. The van der Waals surface area contributed by atoms with E-state index in [1.165, 1.54) is 0 Å². The Morgan fingerprint density at radius 1 is 1.23 bits per heavy atom. The van der Waals surface area contributed by atoms with Gasteiger partial charge in [0.2, 0.25) is 0 Å². The maximum absolute atomic E-state index is 13.6. The van der Waals surface area contributed by atoms with Crippen LogP contribution in [0.1, 0.15) is 41.6 Å². The number of carbonyl (C=O) groups is 1. The Bertz CT molecular complexity index is 537. The molecule has 3 nitrogen and oxygen atoms in total. The third-order valence-electron chi connectivity index (χ3n) is 3.98. The minimum Gasteiger partial charge on any atom is -0.396 e. The Labute approximate surface area is 125 Å². The van der Waals surface area contributed by atoms with E-state index in [1.807, 2.05) is 0 Å². The van der Waals surface area contributed by atoms with Gasteiger partial charge in [-0.3, -0.25) is 4.79 Å². The molecule has 1 amide bonds. The lowest BCUT2D eigenvalue weighted by Crippen LogP contribution is -2.38. The van der Waals surface area contributed by atoms with Crippen molar-refractivity contribution in [2.24, 2.45) is 5.92 Å². The van der Waals surface area contributed by atoms with E-state index >= 15 is 0 Å². The van der Waals surface area contributed by atoms with Crippen molar-refractivity contribution in [3.8, 4) is 0 Å². The monoisotopic (exact) mass is 319 g/mol. The zero-order valence-corrected chi connectivity index (χ0v) is 11.8. The van der Waals surface area contributed by atoms with Crippen LogP contribution in [0, 0.1) is 11.7 Å². The van der Waals surface area contributed by atoms with Crippen molar-refractivity contribution in [3.63, 3.8) is 0 Å². The molecule has 0 saturated heterocycles. The molecule has 2 N–H and O–H groups in total. The third kappa shape index (κ3) is 3.97. The molecule has 2 rings (SSSR count). The summed E-state index contributed by atoms with van der Waals surface area (Å²) in [7, 11) is 0. The van der Waals surface area contributed by atoms with E-state index in [0.29, 0.717) is 31.0 Å². The van der Waals surface area contributed by atoms with Gasteiger partial charge in [0, 0.05) is 12.6 Å². The van der Waals surface area contributed by atoms with Gasteiger partial charge in [-0.05, 0) is 49.8 Å². The maximum Gasteiger partial charge on any atom is 0.416 e. The lowest BCUT2D eigenvalue weighted by atomic mass is 9.86. The fraction of sp³-hybridized carbons (Fsp3) is 0.533. The molecule has 1 saturated carbocycles. The average molecular weight is 319 g/mol. The van der Waals surface area contributed by atoms with Crippen LogP contribution in [0.15, 0.2) is 18.2 Å². The van der Waals surface area contributed by atoms with Crippen molar-refractivity contribution in [2.45, 2.75) is 37.9 Å². The first-order valence-electron chi connectivity index (χ1n) is 7.09. The molecule has 1 aromatic rings. The van der Waals surface area contributed by atoms with Gasteiger partial charge in [0.25, 0.3) is 5.91 Å². The highest BCUT2D eigenvalue weighted by Crippen LogP contribution is 2.30. The molecule has 1 aliphatic rings. The van der Waals surface area contributed by atoms with Gasteiger partial charge in [0.15, 0.2) is 0 Å². The SMILES string of the molecule is O=C(NC1CCC(CO)CC1)c1cc(C(F)(F)F)ccc1F. The lowest BCUT2D eigenvalue weighted by Gasteiger charge is -2.28. The summed E-state index contributed by atoms with van der Waals surface area (Å²) in [4.78, 5) is 12.0. The Morgan fingerprint density at radius 3 is 2.41 bits per heavy atom. The molecule has 0 radical (unpaired) electrons. The van der Waals surface area contributed by atoms with Crippen molar-refractivity contribution in [1.29, 1.82) is 0 Å². The highest BCUT2D eigenvalue weighted by molar-refractivity contribution is 5.94. The fourth-order valence-corrected chi connectivity index (χ4v) is 2.63. The van der Waals surface area contributed by atoms with Crippen molar-refractivity contribution in [2.75, 3.05) is 6.61 Å². The molecule has 0 heterocycles. The third-order valence-corrected chi connectivity index (χ3v) is 3.98. The van der Waals surface area contributed by atoms with E-state index in [0.717, 1.165) is 12.8 Å². The number of halogens is 4. The first-order valence-corrected chi connectivity index (χ1v) is 7.09. The second-order valence-electron chi connectivity index (χ2n) is 5.57. The normalized spacial score (nSPS) is 22.4. The van der Waals surface area contributed by atoms with Crippen LogP contribution in [-0.2, 0) is 6.18 Å². The summed E-state index contributed by atoms with van der Waals surface area (Å²) in [6.45, 7) is 0.0862. The molecule has 122 valence electrons. The molecule has 0 spiro atoms. The Morgan fingerprint density at radius 2 is 1.86 bits per heavy atom. The van der Waals surface area contributed by atoms with Gasteiger partial charge in [-0.15, -0.1) is 0 Å². The van der Waals surface area contributed by atoms with Gasteiger partial charge in [-0.25, -0.2) is 4.39 Å². The predicted octanol–water partition coefficient (Wildman–Crippen LogP) is 3.13. The zero-order chi connectivity index (χ0) is 16.3. The number of hydrogen-bond acceptors (Lipinski definition) is 2. The van der Waals surface area contributed by atoms with Crippen LogP contribution in [0.5, 0.6) is 0 Å². The summed E-state index contributed by atoms with van der Waals surface area (Å²) in [6.07, 6.45) is -1.92. The van der Waals surface area contributed by atoms with Crippen LogP contribution >= 0.6 is 0 Å². The molecule has 0 bridgehead atoms. The highest BCUT2D eigenvalue weighted by Gasteiger charge is 2.32. The second-order valence-corrected chi connectivity index (χ2v) is 5.57. The number of alkyl halides is 3. The quantitative estimate of drug-likeness (QED) is 0.841. The van der Waals surface area contributed by atoms with Crippen molar-refractivity contribution in [1.82, 2.24) is 5.32 Å². The molecule has 1 aliphatic carbocycles. The minimum absolute atomic E-state index is 0.0862. The van der Waals surface area contributed by atoms with Gasteiger partial charge < -0.3 is 10.4 Å². The van der Waals surface area contributed by atoms with E-state index in [1.54, 1.807) is 0 Å². The van der Waals surface area contributed by atoms with E-state index in [2.05, 4.69) is 5.32 Å². The molecule has 22 heavy (non-hydrogen) atoms. The van der Waals surface area contributed by atoms with Crippen LogP contribution in [0.3, 0.4) is 0 Å². The van der Waals surface area contributed by atoms with Crippen LogP contribution in [0.4, 0.5) is 17.6 Å². The van der Waals surface area contributed by atoms with Crippen molar-refractivity contribution < 1.29 is 27.5 Å². The maximum atomic E-state index is 13.6. The van der Waals surface area contributed by atoms with Gasteiger partial charge >= 0.3 is 6.18 Å². The molecule has 0 unspecified atom stereocenters. The van der Waals surface area contributed by atoms with Crippen LogP contribution in [-0.4, -0.2) is 23.7 Å². The Hall–Kier alpha value is -1.63. The first kappa shape index (κ1) is 16.7. The molecule has 0 atom stereocenters. The Balaban J connectivity index is 2.06. The molecule has 0 aromatic heterocycles. The summed E-state index contributed by atoms with van der Waals surface area (Å²) in [5.74, 6) is -1.62. The largest absolute Gasteiger partial charge is 0.416 e. The highest BCUT2D eigenvalue weighted by atomic mass is 19.4. The second kappa shape index (κ2) is 6.64. The molecule has 7 heteroatoms. The van der Waals surface area contributed by atoms with E-state index in [9.17, 15) is 22.4 Å². The van der Waals surface area contributed by atoms with Crippen molar-refractivity contribution in [3.05, 3.63) is 35.1 Å². The number of nitrogens with one attached hydrogen (secondary N) is 1. The summed E-state index contributed by atoms with van der Waals surface area (Å²) < 4.78 is 51.5. The van der Waals surface area contributed by atoms with E-state index in [-0.39, 0.29) is 18.6 Å². The minimum atomic E-state index is -4.62. The number of hydrogen-bond donors (Lipinski definition) is 2. The van der Waals surface area contributed by atoms with Crippen molar-refractivity contribution >= 4 is 5.91 Å². The van der Waals surface area contributed by atoms with Gasteiger partial charge in [-0.2, -0.15) is 13.2 Å². The van der Waals surface area contributed by atoms with Crippen LogP contribution in [0.25, 0.3) is 0 Å². The standard InChI is InChI=1S/C15H17F4NO2/c16-13-6-3-10(15(17,18)19)7-12(13)14(22)20-11-4-1-9(8-21)2-5-11/h3,6-7,9,11,21H,1-2,4-5,8H2,(H,20,22). The molecule has 1 fully saturated rings. The van der Waals surface area contributed by atoms with Gasteiger partial charge in [0.1, 0.15) is 5.82 Å². The topological polar surface area (TPSA) is 49.3 Å². The summed E-state index contributed by atoms with van der Waals surface area (Å²) in [6, 6.07) is 1.59. The smallest absolute Gasteiger partial charge is 0.396 e. The molecule has 0 aliphatic heterocycles. The van der Waals surface area contributed by atoms with Crippen LogP contribution in [0.2, 0.25) is 0 Å². The summed E-state index contributed by atoms with van der Waals surface area (Å²) in [5.41, 5.74) is -1.65. The first-order chi connectivity index (χ1) is 10.3. The van der Waals surface area contributed by atoms with Gasteiger partial charge in [0.05, 0.1) is 11.1 Å². The predicted molar refractivity (Wildman–Crippen MR) is 71.7 cm³/mol. The zero-order valence-electron chi connectivity index (χ0n) is 11.8. The summed E-state index contributed by atoms with van der Waals surface area (Å²) in [5, 5.41) is 11.6. The number of amides is 1. The number of rotatable bonds is 3. The summed E-state index contributed by atoms with van der Waals surface area (Å²) >= 11 is 0.